The van der Waals surface area contributed by atoms with Gasteiger partial charge in [0.05, 0.1) is 0 Å². The van der Waals surface area contributed by atoms with E-state index in [1.807, 2.05) is 51.8 Å². The van der Waals surface area contributed by atoms with Gasteiger partial charge in [0.2, 0.25) is 0 Å². The van der Waals surface area contributed by atoms with E-state index in [9.17, 15) is 29.4 Å². The van der Waals surface area contributed by atoms with E-state index in [-0.39, 0.29) is 49.3 Å². The van der Waals surface area contributed by atoms with Crippen molar-refractivity contribution >= 4 is 69.6 Å². The average molecular weight is 722 g/mol. The number of carboxylic acid groups (broad SMARTS) is 4. The minimum atomic E-state index is -1.10. The van der Waals surface area contributed by atoms with E-state index < -0.39 is 36.0 Å². The van der Waals surface area contributed by atoms with Gasteiger partial charge < -0.3 is 25.7 Å². The second kappa shape index (κ2) is 18.5. The van der Waals surface area contributed by atoms with Gasteiger partial charge in [-0.25, -0.2) is 6.23 Å². The molecule has 183 valence electrons. The van der Waals surface area contributed by atoms with Gasteiger partial charge in [0.25, 0.3) is 0 Å². The van der Waals surface area contributed by atoms with E-state index in [2.05, 4.69) is 5.32 Å². The first-order valence-corrected chi connectivity index (χ1v) is 11.2. The number of carboxylic acids is 4. The Morgan fingerprint density at radius 2 is 1.38 bits per heavy atom. The molecule has 0 aliphatic heterocycles. The van der Waals surface area contributed by atoms with E-state index in [0.717, 1.165) is 0 Å². The quantitative estimate of drug-likeness (QED) is 0.0645. The van der Waals surface area contributed by atoms with Crippen LogP contribution in [-0.2, 0) is 36.2 Å². The number of allylic oxidation sites excluding steroid dienone is 2. The van der Waals surface area contributed by atoms with Crippen molar-refractivity contribution in [3.63, 3.8) is 0 Å². The first-order valence-electron chi connectivity index (χ1n) is 9.27. The second-order valence-corrected chi connectivity index (χ2v) is 8.89. The number of aliphatic carboxylic acids is 4. The summed E-state index contributed by atoms with van der Waals surface area (Å²) in [6.45, 7) is 0.664. The maximum atomic E-state index is 11.4. The number of hydrogen-bond acceptors (Lipinski definition) is 7. The van der Waals surface area contributed by atoms with Crippen LogP contribution in [0.3, 0.4) is 0 Å². The van der Waals surface area contributed by atoms with E-state index in [0.29, 0.717) is 18.7 Å². The van der Waals surface area contributed by atoms with Crippen LogP contribution in [0.4, 0.5) is 0 Å². The molecule has 2 unspecified atom stereocenters. The van der Waals surface area contributed by atoms with Crippen molar-refractivity contribution in [2.75, 3.05) is 20.1 Å². The summed E-state index contributed by atoms with van der Waals surface area (Å²) in [7, 11) is 1.68. The molecule has 0 aliphatic rings. The van der Waals surface area contributed by atoms with Crippen molar-refractivity contribution < 1.29 is 56.7 Å². The molecular weight excluding hydrogens is 695 g/mol. The van der Waals surface area contributed by atoms with Crippen LogP contribution in [0.25, 0.3) is 0 Å². The molecule has 0 saturated heterocycles. The monoisotopic (exact) mass is 722 g/mol. The summed E-state index contributed by atoms with van der Waals surface area (Å²) in [5.41, 5.74) is 0.712. The minimum absolute atomic E-state index is 0. The molecule has 14 heteroatoms. The SMILES string of the molecule is CN/C(=C\C=C/CCN(I)C(CCC(=O)O)C(=O)O)CN(I)C(CCC(=O)O)C(=O)O.[Mn]. The molecule has 0 aliphatic carbocycles. The maximum Gasteiger partial charge on any atom is 0.321 e. The number of halogens is 2. The third kappa shape index (κ3) is 15.0. The van der Waals surface area contributed by atoms with Gasteiger partial charge in [-0.3, -0.25) is 19.2 Å². The van der Waals surface area contributed by atoms with Crippen LogP contribution < -0.4 is 5.32 Å². The molecule has 1 radical (unpaired) electrons. The molecular formula is C18H27I2MnN3O8. The molecule has 0 aromatic rings. The Balaban J connectivity index is 0. The van der Waals surface area contributed by atoms with E-state index in [1.54, 1.807) is 22.3 Å². The Hall–Kier alpha value is -0.941. The molecule has 0 aromatic carbocycles. The normalized spacial score (nSPS) is 13.6. The van der Waals surface area contributed by atoms with Gasteiger partial charge >= 0.3 is 23.9 Å². The number of nitrogens with one attached hydrogen (secondary N) is 1. The molecule has 5 N–H and O–H groups in total. The fraction of sp³-hybridized carbons (Fsp3) is 0.556. The largest absolute Gasteiger partial charge is 0.481 e. The van der Waals surface area contributed by atoms with Crippen molar-refractivity contribution in [3.05, 3.63) is 23.9 Å². The summed E-state index contributed by atoms with van der Waals surface area (Å²) in [5, 5.41) is 39.0. The standard InChI is InChI=1S/C18H27I2N3O8.Mn/c1-21-12(11-23(20)14(18(30)31)7-9-16(26)27)5-3-2-4-10-22(19)13(17(28)29)6-8-15(24)25;/h2-3,5,13-14,21H,4,6-11H2,1H3,(H,24,25)(H,26,27)(H,28,29)(H,30,31);/b3-2-,12-5-;. The number of likely N-dealkylation sites (N-methyl/N-ethyl adjacent to an activating group) is 1. The zero-order valence-corrected chi connectivity index (χ0v) is 22.8. The fourth-order valence-electron chi connectivity index (χ4n) is 2.41. The Kier molecular flexibility index (Phi) is 19.2. The third-order valence-corrected chi connectivity index (χ3v) is 6.26. The molecule has 0 spiro atoms. The van der Waals surface area contributed by atoms with Crippen molar-refractivity contribution in [1.29, 1.82) is 0 Å². The maximum absolute atomic E-state index is 11.4. The summed E-state index contributed by atoms with van der Waals surface area (Å²) >= 11 is 3.73. The number of rotatable bonds is 17. The third-order valence-electron chi connectivity index (χ3n) is 4.10. The molecule has 2 atom stereocenters. The number of nitrogens with zero attached hydrogens (tertiary/aromatic N) is 2. The fourth-order valence-corrected chi connectivity index (χ4v) is 4.09. The summed E-state index contributed by atoms with van der Waals surface area (Å²) in [5.74, 6) is -4.27. The molecule has 32 heavy (non-hydrogen) atoms. The van der Waals surface area contributed by atoms with Crippen LogP contribution in [0.2, 0.25) is 0 Å². The predicted octanol–water partition coefficient (Wildman–Crippen LogP) is 1.97. The van der Waals surface area contributed by atoms with Crippen LogP contribution in [0.5, 0.6) is 0 Å². The molecule has 0 aromatic heterocycles. The summed E-state index contributed by atoms with van der Waals surface area (Å²) in [6.07, 6.45) is 5.37. The van der Waals surface area contributed by atoms with E-state index in [4.69, 9.17) is 10.2 Å². The van der Waals surface area contributed by atoms with Crippen molar-refractivity contribution in [3.8, 4) is 0 Å². The zero-order chi connectivity index (χ0) is 24.0. The zero-order valence-electron chi connectivity index (χ0n) is 17.3. The molecule has 0 amide bonds. The van der Waals surface area contributed by atoms with Gasteiger partial charge in [0.15, 0.2) is 0 Å². The Morgan fingerprint density at radius 3 is 1.78 bits per heavy atom. The van der Waals surface area contributed by atoms with Crippen molar-refractivity contribution in [1.82, 2.24) is 11.5 Å². The van der Waals surface area contributed by atoms with Crippen LogP contribution in [0.15, 0.2) is 23.9 Å². The Bertz CT molecular complexity index is 693. The molecule has 0 bridgehead atoms. The van der Waals surface area contributed by atoms with Crippen LogP contribution >= 0.6 is 45.7 Å². The second-order valence-electron chi connectivity index (χ2n) is 6.41. The van der Waals surface area contributed by atoms with E-state index in [1.165, 1.54) is 3.11 Å². The molecule has 11 nitrogen and oxygen atoms in total. The van der Waals surface area contributed by atoms with Gasteiger partial charge in [0, 0.05) is 101 Å². The number of carbonyl (C=O) groups is 4. The van der Waals surface area contributed by atoms with Gasteiger partial charge in [0.1, 0.15) is 12.1 Å². The van der Waals surface area contributed by atoms with Crippen LogP contribution in [0, 0.1) is 0 Å². The van der Waals surface area contributed by atoms with Gasteiger partial charge in [-0.1, -0.05) is 12.2 Å². The Morgan fingerprint density at radius 1 is 0.906 bits per heavy atom. The average Bonchev–Trinajstić information content (AvgIpc) is 2.65. The van der Waals surface area contributed by atoms with Gasteiger partial charge in [-0.2, -0.15) is 0 Å². The molecule has 0 rings (SSSR count). The molecule has 0 fully saturated rings. The van der Waals surface area contributed by atoms with Crippen LogP contribution in [-0.4, -0.2) is 82.8 Å². The summed E-state index contributed by atoms with van der Waals surface area (Å²) in [4.78, 5) is 44.1. The van der Waals surface area contributed by atoms with Gasteiger partial charge in [-0.05, 0) is 25.3 Å². The summed E-state index contributed by atoms with van der Waals surface area (Å²) in [6, 6.07) is -1.83. The smallest absolute Gasteiger partial charge is 0.321 e. The van der Waals surface area contributed by atoms with Crippen molar-refractivity contribution in [2.24, 2.45) is 0 Å². The molecule has 0 saturated carbocycles. The number of hydrogen-bond donors (Lipinski definition) is 5. The molecule has 0 heterocycles. The summed E-state index contributed by atoms with van der Waals surface area (Å²) < 4.78 is 3.08. The minimum Gasteiger partial charge on any atom is -0.481 e. The van der Waals surface area contributed by atoms with Crippen molar-refractivity contribution in [2.45, 2.75) is 44.2 Å². The topological polar surface area (TPSA) is 168 Å². The van der Waals surface area contributed by atoms with Crippen LogP contribution in [0.1, 0.15) is 32.1 Å². The van der Waals surface area contributed by atoms with Gasteiger partial charge in [-0.15, -0.1) is 0 Å². The van der Waals surface area contributed by atoms with E-state index >= 15 is 0 Å². The first kappa shape index (κ1) is 33.2. The Labute approximate surface area is 224 Å². The predicted molar refractivity (Wildman–Crippen MR) is 129 cm³/mol. The first-order chi connectivity index (χ1) is 14.5.